The Labute approximate surface area is 121 Å². The molecule has 0 saturated heterocycles. The Bertz CT molecular complexity index is 481. The minimum absolute atomic E-state index is 0.554. The normalized spacial score (nSPS) is 26.6. The smallest absolute Gasteiger partial charge is 0.310 e. The van der Waals surface area contributed by atoms with E-state index < -0.39 is 11.4 Å². The average Bonchev–Trinajstić information content (AvgIpc) is 2.79. The first-order valence-corrected chi connectivity index (χ1v) is 7.76. The van der Waals surface area contributed by atoms with Crippen LogP contribution >= 0.6 is 0 Å². The van der Waals surface area contributed by atoms with Gasteiger partial charge in [0.2, 0.25) is 0 Å². The minimum atomic E-state index is -0.630. The van der Waals surface area contributed by atoms with Crippen LogP contribution in [0.1, 0.15) is 57.3 Å². The standard InChI is InChI=1S/C16H26N2O2/c1-4-12-7-6-8-16(10-12,15(19)20)11-14-9-13(5-2)17-18(14)3/h9,12H,4-8,10-11H2,1-3H3,(H,19,20). The number of carbonyl (C=O) groups is 1. The second-order valence-corrected chi connectivity index (χ2v) is 6.24. The third-order valence-electron chi connectivity index (χ3n) is 4.89. The van der Waals surface area contributed by atoms with Gasteiger partial charge in [-0.2, -0.15) is 5.10 Å². The fourth-order valence-corrected chi connectivity index (χ4v) is 3.52. The molecule has 1 aliphatic rings. The van der Waals surface area contributed by atoms with Crippen molar-refractivity contribution >= 4 is 5.97 Å². The van der Waals surface area contributed by atoms with Crippen molar-refractivity contribution in [3.05, 3.63) is 17.5 Å². The van der Waals surface area contributed by atoms with Gasteiger partial charge >= 0.3 is 5.97 Å². The SMILES string of the molecule is CCc1cc(CC2(C(=O)O)CCCC(CC)C2)n(C)n1. The lowest BCUT2D eigenvalue weighted by molar-refractivity contribution is -0.152. The van der Waals surface area contributed by atoms with Crippen molar-refractivity contribution in [3.63, 3.8) is 0 Å². The number of carboxylic acids is 1. The molecule has 1 saturated carbocycles. The second-order valence-electron chi connectivity index (χ2n) is 6.24. The van der Waals surface area contributed by atoms with E-state index in [-0.39, 0.29) is 0 Å². The Balaban J connectivity index is 2.24. The first-order chi connectivity index (χ1) is 9.50. The number of aryl methyl sites for hydroxylation is 2. The summed E-state index contributed by atoms with van der Waals surface area (Å²) in [6.45, 7) is 4.24. The number of hydrogen-bond donors (Lipinski definition) is 1. The summed E-state index contributed by atoms with van der Waals surface area (Å²) in [4.78, 5) is 11.9. The van der Waals surface area contributed by atoms with Crippen molar-refractivity contribution in [2.24, 2.45) is 18.4 Å². The number of hydrogen-bond acceptors (Lipinski definition) is 2. The molecule has 1 aromatic rings. The molecule has 0 aliphatic heterocycles. The summed E-state index contributed by atoms with van der Waals surface area (Å²) in [6, 6.07) is 2.07. The topological polar surface area (TPSA) is 55.1 Å². The first kappa shape index (κ1) is 15.1. The van der Waals surface area contributed by atoms with E-state index in [2.05, 4.69) is 25.0 Å². The Morgan fingerprint density at radius 3 is 2.85 bits per heavy atom. The van der Waals surface area contributed by atoms with E-state index in [9.17, 15) is 9.90 Å². The number of nitrogens with zero attached hydrogens (tertiary/aromatic N) is 2. The summed E-state index contributed by atoms with van der Waals surface area (Å²) in [5.74, 6) is -0.0754. The monoisotopic (exact) mass is 278 g/mol. The zero-order valence-electron chi connectivity index (χ0n) is 12.9. The predicted molar refractivity (Wildman–Crippen MR) is 78.6 cm³/mol. The molecule has 4 heteroatoms. The second kappa shape index (κ2) is 5.98. The average molecular weight is 278 g/mol. The lowest BCUT2D eigenvalue weighted by Gasteiger charge is -2.37. The van der Waals surface area contributed by atoms with E-state index in [1.165, 1.54) is 6.42 Å². The van der Waals surface area contributed by atoms with Crippen molar-refractivity contribution in [2.75, 3.05) is 0 Å². The summed E-state index contributed by atoms with van der Waals surface area (Å²) in [7, 11) is 1.92. The molecule has 2 rings (SSSR count). The van der Waals surface area contributed by atoms with Crippen LogP contribution < -0.4 is 0 Å². The maximum absolute atomic E-state index is 11.9. The van der Waals surface area contributed by atoms with Gasteiger partial charge in [0.1, 0.15) is 0 Å². The van der Waals surface area contributed by atoms with Crippen LogP contribution in [0.2, 0.25) is 0 Å². The van der Waals surface area contributed by atoms with Gasteiger partial charge in [0.05, 0.1) is 11.1 Å². The molecule has 2 atom stereocenters. The largest absolute Gasteiger partial charge is 0.481 e. The molecule has 0 aromatic carbocycles. The van der Waals surface area contributed by atoms with Gasteiger partial charge in [-0.3, -0.25) is 9.48 Å². The van der Waals surface area contributed by atoms with Crippen LogP contribution in [-0.2, 0) is 24.7 Å². The van der Waals surface area contributed by atoms with Crippen LogP contribution in [0.4, 0.5) is 0 Å². The molecule has 0 spiro atoms. The van der Waals surface area contributed by atoms with Gasteiger partial charge in [0, 0.05) is 19.2 Å². The maximum Gasteiger partial charge on any atom is 0.310 e. The molecule has 1 fully saturated rings. The molecular formula is C16H26N2O2. The molecule has 1 aromatic heterocycles. The van der Waals surface area contributed by atoms with Gasteiger partial charge in [-0.05, 0) is 31.2 Å². The van der Waals surface area contributed by atoms with Gasteiger partial charge in [-0.15, -0.1) is 0 Å². The van der Waals surface area contributed by atoms with E-state index in [1.54, 1.807) is 0 Å². The Kier molecular flexibility index (Phi) is 4.51. The van der Waals surface area contributed by atoms with Crippen LogP contribution in [-0.4, -0.2) is 20.9 Å². The fourth-order valence-electron chi connectivity index (χ4n) is 3.52. The van der Waals surface area contributed by atoms with Crippen LogP contribution in [0.25, 0.3) is 0 Å². The highest BCUT2D eigenvalue weighted by Gasteiger charge is 2.43. The molecule has 4 nitrogen and oxygen atoms in total. The van der Waals surface area contributed by atoms with E-state index in [0.29, 0.717) is 12.3 Å². The van der Waals surface area contributed by atoms with Crippen molar-refractivity contribution in [2.45, 2.75) is 58.8 Å². The molecule has 0 radical (unpaired) electrons. The Morgan fingerprint density at radius 1 is 1.55 bits per heavy atom. The van der Waals surface area contributed by atoms with Gasteiger partial charge in [-0.25, -0.2) is 0 Å². The van der Waals surface area contributed by atoms with E-state index in [0.717, 1.165) is 43.5 Å². The molecule has 0 bridgehead atoms. The summed E-state index contributed by atoms with van der Waals surface area (Å²) >= 11 is 0. The van der Waals surface area contributed by atoms with Crippen molar-refractivity contribution in [1.29, 1.82) is 0 Å². The van der Waals surface area contributed by atoms with Crippen LogP contribution in [0.15, 0.2) is 6.07 Å². The minimum Gasteiger partial charge on any atom is -0.481 e. The van der Waals surface area contributed by atoms with Crippen LogP contribution in [0.3, 0.4) is 0 Å². The third-order valence-corrected chi connectivity index (χ3v) is 4.89. The molecule has 1 N–H and O–H groups in total. The molecule has 2 unspecified atom stereocenters. The molecule has 0 amide bonds. The summed E-state index contributed by atoms with van der Waals surface area (Å²) in [6.07, 6.45) is 6.41. The fraction of sp³-hybridized carbons (Fsp3) is 0.750. The molecular weight excluding hydrogens is 252 g/mol. The highest BCUT2D eigenvalue weighted by atomic mass is 16.4. The van der Waals surface area contributed by atoms with Crippen molar-refractivity contribution in [3.8, 4) is 0 Å². The third kappa shape index (κ3) is 2.89. The number of aliphatic carboxylic acids is 1. The summed E-state index contributed by atoms with van der Waals surface area (Å²) < 4.78 is 1.86. The summed E-state index contributed by atoms with van der Waals surface area (Å²) in [5.41, 5.74) is 1.52. The van der Waals surface area contributed by atoms with E-state index >= 15 is 0 Å². The van der Waals surface area contributed by atoms with Crippen LogP contribution in [0, 0.1) is 11.3 Å². The Morgan fingerprint density at radius 2 is 2.30 bits per heavy atom. The lowest BCUT2D eigenvalue weighted by Crippen LogP contribution is -2.38. The Hall–Kier alpha value is -1.32. The van der Waals surface area contributed by atoms with Crippen molar-refractivity contribution < 1.29 is 9.90 Å². The number of rotatable bonds is 5. The first-order valence-electron chi connectivity index (χ1n) is 7.76. The highest BCUT2D eigenvalue weighted by molar-refractivity contribution is 5.75. The molecule has 20 heavy (non-hydrogen) atoms. The molecule has 1 aliphatic carbocycles. The number of aromatic nitrogens is 2. The quantitative estimate of drug-likeness (QED) is 0.900. The molecule has 112 valence electrons. The van der Waals surface area contributed by atoms with Crippen molar-refractivity contribution in [1.82, 2.24) is 9.78 Å². The van der Waals surface area contributed by atoms with E-state index in [4.69, 9.17) is 0 Å². The lowest BCUT2D eigenvalue weighted by atomic mass is 9.66. The van der Waals surface area contributed by atoms with Crippen LogP contribution in [0.5, 0.6) is 0 Å². The van der Waals surface area contributed by atoms with Gasteiger partial charge < -0.3 is 5.11 Å². The van der Waals surface area contributed by atoms with Gasteiger partial charge in [0.25, 0.3) is 0 Å². The number of carboxylic acid groups (broad SMARTS) is 1. The zero-order valence-corrected chi connectivity index (χ0v) is 12.9. The zero-order chi connectivity index (χ0) is 14.8. The van der Waals surface area contributed by atoms with E-state index in [1.807, 2.05) is 11.7 Å². The van der Waals surface area contributed by atoms with Gasteiger partial charge in [0.15, 0.2) is 0 Å². The van der Waals surface area contributed by atoms with Gasteiger partial charge in [-0.1, -0.05) is 33.1 Å². The highest BCUT2D eigenvalue weighted by Crippen LogP contribution is 2.43. The molecule has 1 heterocycles. The maximum atomic E-state index is 11.9. The summed E-state index contributed by atoms with van der Waals surface area (Å²) in [5, 5.41) is 14.2. The predicted octanol–water partition coefficient (Wildman–Crippen LogP) is 3.20.